The normalized spacial score (nSPS) is 24.0. The Hall–Kier alpha value is -4.20. The molecule has 62 heavy (non-hydrogen) atoms. The second-order valence-electron chi connectivity index (χ2n) is 16.5. The highest BCUT2D eigenvalue weighted by Crippen LogP contribution is 2.34. The van der Waals surface area contributed by atoms with Crippen molar-refractivity contribution in [3.05, 3.63) is 33.8 Å². The van der Waals surface area contributed by atoms with Crippen LogP contribution in [0.4, 0.5) is 13.2 Å². The Morgan fingerprint density at radius 1 is 0.984 bits per heavy atom. The van der Waals surface area contributed by atoms with Gasteiger partial charge in [-0.3, -0.25) is 33.6 Å². The monoisotopic (exact) mass is 921 g/mol. The van der Waals surface area contributed by atoms with E-state index in [0.717, 1.165) is 4.90 Å². The fourth-order valence-electron chi connectivity index (χ4n) is 7.54. The van der Waals surface area contributed by atoms with Gasteiger partial charge in [-0.25, -0.2) is 0 Å². The van der Waals surface area contributed by atoms with Crippen molar-refractivity contribution >= 4 is 64.6 Å². The summed E-state index contributed by atoms with van der Waals surface area (Å²) >= 11 is 12.8. The van der Waals surface area contributed by atoms with Gasteiger partial charge in [-0.2, -0.15) is 13.2 Å². The highest BCUT2D eigenvalue weighted by molar-refractivity contribution is 6.33. The first-order valence-corrected chi connectivity index (χ1v) is 21.4. The molecule has 1 aromatic carbocycles. The predicted molar refractivity (Wildman–Crippen MR) is 224 cm³/mol. The summed E-state index contributed by atoms with van der Waals surface area (Å²) in [5, 5.41) is 18.7. The van der Waals surface area contributed by atoms with Crippen molar-refractivity contribution in [1.29, 1.82) is 0 Å². The van der Waals surface area contributed by atoms with E-state index in [9.17, 15) is 51.8 Å². The van der Waals surface area contributed by atoms with Gasteiger partial charge in [0, 0.05) is 57.8 Å². The minimum atomic E-state index is -5.31. The Balaban J connectivity index is 2.00. The number of likely N-dealkylation sites (N-methyl/N-ethyl adjacent to an activating group) is 3. The Morgan fingerprint density at radius 3 is 2.23 bits per heavy atom. The summed E-state index contributed by atoms with van der Waals surface area (Å²) in [7, 11) is 5.64. The van der Waals surface area contributed by atoms with Gasteiger partial charge in [0.15, 0.2) is 0 Å². The Kier molecular flexibility index (Phi) is 18.9. The molecule has 7 atom stereocenters. The third kappa shape index (κ3) is 12.9. The molecule has 4 N–H and O–H groups in total. The van der Waals surface area contributed by atoms with E-state index < -0.39 is 89.4 Å². The molecule has 0 unspecified atom stereocenters. The zero-order valence-corrected chi connectivity index (χ0v) is 38.0. The Morgan fingerprint density at radius 2 is 1.63 bits per heavy atom. The molecule has 7 amide bonds. The fourth-order valence-corrected chi connectivity index (χ4v) is 7.92. The second kappa shape index (κ2) is 22.4. The Labute approximate surface area is 370 Å². The molecule has 2 aliphatic heterocycles. The molecule has 0 bridgehead atoms. The van der Waals surface area contributed by atoms with Gasteiger partial charge in [-0.15, -0.1) is 0 Å². The van der Waals surface area contributed by atoms with Crippen molar-refractivity contribution in [1.82, 2.24) is 35.6 Å². The number of nitrogens with zero attached hydrogens (tertiary/aromatic N) is 4. The predicted octanol–water partition coefficient (Wildman–Crippen LogP) is 2.69. The topological polar surface area (TPSA) is 198 Å². The third-order valence-corrected chi connectivity index (χ3v) is 11.9. The maximum absolute atomic E-state index is 14.5. The molecule has 16 nitrogen and oxygen atoms in total. The molecular formula is C41H60Cl2F3N7O9. The number of aliphatic hydroxyl groups is 1. The van der Waals surface area contributed by atoms with Crippen LogP contribution in [0, 0.1) is 5.92 Å². The minimum Gasteiger partial charge on any atom is -0.382 e. The van der Waals surface area contributed by atoms with Crippen molar-refractivity contribution in [3.8, 4) is 0 Å². The molecule has 0 radical (unpaired) electrons. The summed E-state index contributed by atoms with van der Waals surface area (Å²) in [4.78, 5) is 102. The van der Waals surface area contributed by atoms with Crippen LogP contribution in [0.3, 0.4) is 0 Å². The average molecular weight is 923 g/mol. The summed E-state index contributed by atoms with van der Waals surface area (Å²) in [6.45, 7) is 5.32. The van der Waals surface area contributed by atoms with Gasteiger partial charge in [-0.1, -0.05) is 44.0 Å². The first-order chi connectivity index (χ1) is 28.9. The summed E-state index contributed by atoms with van der Waals surface area (Å²) in [6, 6.07) is -2.88. The summed E-state index contributed by atoms with van der Waals surface area (Å²) in [5.74, 6) is -6.05. The first-order valence-electron chi connectivity index (χ1n) is 20.6. The van der Waals surface area contributed by atoms with Crippen LogP contribution in [0.25, 0.3) is 0 Å². The van der Waals surface area contributed by atoms with E-state index in [1.165, 1.54) is 38.1 Å². The van der Waals surface area contributed by atoms with Crippen molar-refractivity contribution in [3.63, 3.8) is 0 Å². The molecule has 2 heterocycles. The van der Waals surface area contributed by atoms with Gasteiger partial charge in [0.25, 0.3) is 5.91 Å². The molecule has 2 aliphatic rings. The molecule has 0 aromatic heterocycles. The number of carbonyl (C=O) groups is 7. The second-order valence-corrected chi connectivity index (χ2v) is 17.4. The lowest BCUT2D eigenvalue weighted by molar-refractivity contribution is -0.250. The van der Waals surface area contributed by atoms with Crippen LogP contribution in [-0.4, -0.2) is 162 Å². The third-order valence-electron chi connectivity index (χ3n) is 11.3. The van der Waals surface area contributed by atoms with Gasteiger partial charge >= 0.3 is 6.18 Å². The molecule has 21 heteroatoms. The lowest BCUT2D eigenvalue weighted by Gasteiger charge is -2.36. The first kappa shape index (κ1) is 52.1. The zero-order valence-electron chi connectivity index (χ0n) is 36.4. The summed E-state index contributed by atoms with van der Waals surface area (Å²) in [5.41, 5.74) is -3.31. The van der Waals surface area contributed by atoms with Crippen LogP contribution in [0.2, 0.25) is 10.0 Å². The van der Waals surface area contributed by atoms with E-state index in [0.29, 0.717) is 35.3 Å². The van der Waals surface area contributed by atoms with E-state index >= 15 is 0 Å². The molecule has 0 saturated carbocycles. The number of ether oxygens (including phenoxy) is 1. The summed E-state index contributed by atoms with van der Waals surface area (Å²) in [6.07, 6.45) is -4.50. The van der Waals surface area contributed by atoms with Crippen LogP contribution in [0.5, 0.6) is 0 Å². The number of rotatable bonds is 12. The molecule has 0 spiro atoms. The van der Waals surface area contributed by atoms with Crippen molar-refractivity contribution in [2.24, 2.45) is 5.92 Å². The van der Waals surface area contributed by atoms with Gasteiger partial charge in [0.1, 0.15) is 36.3 Å². The number of benzene rings is 1. The van der Waals surface area contributed by atoms with Crippen LogP contribution in [0.15, 0.2) is 18.2 Å². The lowest BCUT2D eigenvalue weighted by atomic mass is 9.98. The lowest BCUT2D eigenvalue weighted by Crippen LogP contribution is -2.61. The fraction of sp³-hybridized carbons (Fsp3) is 0.683. The largest absolute Gasteiger partial charge is 0.426 e. The van der Waals surface area contributed by atoms with Gasteiger partial charge in [0.05, 0.1) is 6.61 Å². The van der Waals surface area contributed by atoms with Gasteiger partial charge in [-0.05, 0) is 81.5 Å². The number of carbonyl (C=O) groups excluding carboxylic acids is 7. The maximum Gasteiger partial charge on any atom is 0.426 e. The van der Waals surface area contributed by atoms with E-state index in [1.54, 1.807) is 25.1 Å². The zero-order chi connectivity index (χ0) is 46.9. The summed E-state index contributed by atoms with van der Waals surface area (Å²) < 4.78 is 45.9. The molecule has 2 fully saturated rings. The molecular weight excluding hydrogens is 862 g/mol. The van der Waals surface area contributed by atoms with E-state index in [4.69, 9.17) is 27.9 Å². The standard InChI is InChI=1S/C41H60Cl2F3N7O9/c1-9-27(47-34(55)31-14-12-18-53(31)39(60)40(4,61)41(44,45)46)37(58)51(6)30-13-10-11-17-50(5)36(57)29(22-62-8)49-35(56)32(21-24-20-25(42)15-16-26(24)43)52(7)38(59)28(19-23(2)3)48-33(30)54/h15-16,20,23,27-32,61H,9-14,17-19,21-22H2,1-8H3,(H,47,55)(H,48,54)(H,49,56)/t27-,28-,29+,30-,31-,32-,40+/m0/s1. The molecule has 2 saturated heterocycles. The maximum atomic E-state index is 14.5. The van der Waals surface area contributed by atoms with Gasteiger partial charge < -0.3 is 45.4 Å². The highest BCUT2D eigenvalue weighted by atomic mass is 35.5. The average Bonchev–Trinajstić information content (AvgIpc) is 3.70. The number of methoxy groups -OCH3 is 1. The smallest absolute Gasteiger partial charge is 0.382 e. The molecule has 3 rings (SSSR count). The van der Waals surface area contributed by atoms with Crippen LogP contribution in [0.1, 0.15) is 78.2 Å². The molecule has 0 aliphatic carbocycles. The number of amides is 7. The highest BCUT2D eigenvalue weighted by Gasteiger charge is 2.58. The van der Waals surface area contributed by atoms with Gasteiger partial charge in [0.2, 0.25) is 41.0 Å². The van der Waals surface area contributed by atoms with Crippen molar-refractivity contribution < 1.29 is 56.6 Å². The van der Waals surface area contributed by atoms with E-state index in [1.807, 2.05) is 13.8 Å². The molecule has 1 aromatic rings. The van der Waals surface area contributed by atoms with Crippen molar-refractivity contribution in [2.75, 3.05) is 47.9 Å². The number of hydrogen-bond donors (Lipinski definition) is 4. The van der Waals surface area contributed by atoms with Crippen LogP contribution in [-0.2, 0) is 44.7 Å². The number of alkyl halides is 3. The number of likely N-dealkylation sites (tertiary alicyclic amines) is 1. The minimum absolute atomic E-state index is 0.0148. The van der Waals surface area contributed by atoms with Crippen LogP contribution >= 0.6 is 23.2 Å². The number of hydrogen-bond acceptors (Lipinski definition) is 9. The van der Waals surface area contributed by atoms with E-state index in [-0.39, 0.29) is 69.2 Å². The Bertz CT molecular complexity index is 1800. The number of halogens is 5. The number of nitrogens with one attached hydrogen (secondary N) is 3. The quantitative estimate of drug-likeness (QED) is 0.244. The molecule has 348 valence electrons. The SMILES string of the molecule is CC[C@H](NC(=O)[C@@H]1CCCN1C(=O)[C@@](C)(O)C(F)(F)F)C(=O)N(C)[C@H]1CCCCN(C)C(=O)[C@@H](COC)NC(=O)[C@H](Cc2cc(Cl)ccc2Cl)N(C)C(=O)[C@H](CC(C)C)NC1=O. The van der Waals surface area contributed by atoms with Crippen molar-refractivity contribution in [2.45, 2.75) is 127 Å². The van der Waals surface area contributed by atoms with Crippen LogP contribution < -0.4 is 16.0 Å². The van der Waals surface area contributed by atoms with E-state index in [2.05, 4.69) is 16.0 Å².